The Bertz CT molecular complexity index is 1610. The van der Waals surface area contributed by atoms with Crippen LogP contribution >= 0.6 is 11.6 Å². The molecule has 2 aromatic rings. The molecule has 0 spiro atoms. The highest BCUT2D eigenvalue weighted by atomic mass is 35.5. The van der Waals surface area contributed by atoms with Gasteiger partial charge in [0.2, 0.25) is 5.91 Å². The van der Waals surface area contributed by atoms with Gasteiger partial charge in [-0.15, -0.1) is 13.2 Å². The minimum atomic E-state index is -0.791. The molecule has 0 saturated carbocycles. The normalized spacial score (nSPS) is 18.0. The first kappa shape index (κ1) is 37.1. The summed E-state index contributed by atoms with van der Waals surface area (Å²) in [4.78, 5) is 63.5. The van der Waals surface area contributed by atoms with E-state index in [0.717, 1.165) is 12.8 Å². The van der Waals surface area contributed by atoms with Crippen LogP contribution in [0.3, 0.4) is 0 Å². The number of benzene rings is 2. The molecule has 3 fully saturated rings. The molecule has 0 aliphatic carbocycles. The molecule has 2 aromatic carbocycles. The fourth-order valence-corrected chi connectivity index (χ4v) is 6.82. The van der Waals surface area contributed by atoms with Gasteiger partial charge in [-0.25, -0.2) is 0 Å². The molecule has 3 heterocycles. The van der Waals surface area contributed by atoms with Crippen LogP contribution in [0.5, 0.6) is 5.75 Å². The van der Waals surface area contributed by atoms with Crippen LogP contribution in [0.1, 0.15) is 46.5 Å². The van der Waals surface area contributed by atoms with E-state index in [1.165, 1.54) is 9.80 Å². The van der Waals surface area contributed by atoms with Gasteiger partial charge < -0.3 is 24.2 Å². The van der Waals surface area contributed by atoms with Crippen molar-refractivity contribution in [3.63, 3.8) is 0 Å². The van der Waals surface area contributed by atoms with Crippen molar-refractivity contribution in [1.29, 1.82) is 0 Å². The number of halogens is 1. The number of anilines is 4. The van der Waals surface area contributed by atoms with Gasteiger partial charge >= 0.3 is 17.8 Å². The molecular formula is C38H48ClN5O6. The van der Waals surface area contributed by atoms with Crippen LogP contribution in [0.25, 0.3) is 0 Å². The summed E-state index contributed by atoms with van der Waals surface area (Å²) < 4.78 is 11.6. The Hall–Kier alpha value is -4.19. The lowest BCUT2D eigenvalue weighted by molar-refractivity contribution is -0.137. The lowest BCUT2D eigenvalue weighted by Crippen LogP contribution is -2.55. The third kappa shape index (κ3) is 8.57. The van der Waals surface area contributed by atoms with Gasteiger partial charge in [0.25, 0.3) is 0 Å². The number of hydrogen-bond acceptors (Lipinski definition) is 8. The van der Waals surface area contributed by atoms with E-state index >= 15 is 0 Å². The molecule has 5 rings (SSSR count). The Kier molecular flexibility index (Phi) is 12.0. The number of hydrogen-bond donors (Lipinski definition) is 0. The van der Waals surface area contributed by atoms with Crippen LogP contribution in [0.2, 0.25) is 5.02 Å². The third-order valence-electron chi connectivity index (χ3n) is 9.30. The fourth-order valence-electron chi connectivity index (χ4n) is 6.65. The second kappa shape index (κ2) is 16.2. The number of esters is 1. The smallest absolute Gasteiger partial charge is 0.317 e. The average Bonchev–Trinajstić information content (AvgIpc) is 3.09. The Morgan fingerprint density at radius 2 is 1.52 bits per heavy atom. The van der Waals surface area contributed by atoms with E-state index in [9.17, 15) is 19.2 Å². The van der Waals surface area contributed by atoms with Gasteiger partial charge in [-0.3, -0.25) is 29.0 Å². The maximum atomic E-state index is 14.0. The molecular weight excluding hydrogens is 658 g/mol. The van der Waals surface area contributed by atoms with Crippen molar-refractivity contribution >= 4 is 58.0 Å². The van der Waals surface area contributed by atoms with E-state index in [0.29, 0.717) is 67.9 Å². The lowest BCUT2D eigenvalue weighted by Gasteiger charge is -2.41. The first-order chi connectivity index (χ1) is 23.9. The fraction of sp³-hybridized carbons (Fsp3) is 0.474. The molecule has 268 valence electrons. The molecule has 0 atom stereocenters. The summed E-state index contributed by atoms with van der Waals surface area (Å²) in [6, 6.07) is 10.6. The minimum Gasteiger partial charge on any atom is -0.422 e. The second-order valence-corrected chi connectivity index (χ2v) is 14.5. The molecule has 3 saturated heterocycles. The van der Waals surface area contributed by atoms with Gasteiger partial charge in [-0.1, -0.05) is 50.6 Å². The number of nitrogens with zero attached hydrogens (tertiary/aromatic N) is 5. The summed E-state index contributed by atoms with van der Waals surface area (Å²) >= 11 is 6.40. The molecule has 50 heavy (non-hydrogen) atoms. The Morgan fingerprint density at radius 1 is 0.920 bits per heavy atom. The average molecular weight is 706 g/mol. The van der Waals surface area contributed by atoms with E-state index in [1.807, 2.05) is 31.7 Å². The van der Waals surface area contributed by atoms with Gasteiger partial charge in [0, 0.05) is 70.0 Å². The van der Waals surface area contributed by atoms with E-state index in [4.69, 9.17) is 21.1 Å². The predicted molar refractivity (Wildman–Crippen MR) is 197 cm³/mol. The van der Waals surface area contributed by atoms with Crippen LogP contribution in [-0.2, 0) is 23.9 Å². The van der Waals surface area contributed by atoms with Crippen LogP contribution in [0, 0.1) is 5.41 Å². The molecule has 12 heteroatoms. The van der Waals surface area contributed by atoms with Crippen LogP contribution in [0.4, 0.5) is 22.7 Å². The minimum absolute atomic E-state index is 0.0976. The summed E-state index contributed by atoms with van der Waals surface area (Å²) in [7, 11) is 0. The lowest BCUT2D eigenvalue weighted by atomic mass is 9.91. The summed E-state index contributed by atoms with van der Waals surface area (Å²) in [5.74, 6) is -2.06. The van der Waals surface area contributed by atoms with E-state index < -0.39 is 17.8 Å². The number of amides is 3. The van der Waals surface area contributed by atoms with Crippen LogP contribution in [0.15, 0.2) is 61.7 Å². The van der Waals surface area contributed by atoms with E-state index in [2.05, 4.69) is 18.1 Å². The van der Waals surface area contributed by atoms with Crippen molar-refractivity contribution in [2.24, 2.45) is 5.41 Å². The Morgan fingerprint density at radius 3 is 2.12 bits per heavy atom. The molecule has 0 unspecified atom stereocenters. The monoisotopic (exact) mass is 705 g/mol. The number of rotatable bonds is 12. The van der Waals surface area contributed by atoms with Gasteiger partial charge in [-0.2, -0.15) is 0 Å². The summed E-state index contributed by atoms with van der Waals surface area (Å²) in [6.45, 7) is 17.7. The summed E-state index contributed by atoms with van der Waals surface area (Å²) in [5.41, 5.74) is 1.75. The molecule has 0 aromatic heterocycles. The van der Waals surface area contributed by atoms with Crippen molar-refractivity contribution in [3.8, 4) is 5.75 Å². The van der Waals surface area contributed by atoms with Crippen molar-refractivity contribution in [2.75, 3.05) is 78.6 Å². The zero-order valence-electron chi connectivity index (χ0n) is 29.4. The summed E-state index contributed by atoms with van der Waals surface area (Å²) in [6.07, 6.45) is 5.97. The zero-order chi connectivity index (χ0) is 36.0. The second-order valence-electron chi connectivity index (χ2n) is 14.0. The zero-order valence-corrected chi connectivity index (χ0v) is 30.1. The SMILES string of the molecule is C=CCN(CC=C)c1ccc(Cl)cc1N1CCN(c2cccc(N3CCN(C4CCOCC4)CC3=O)c2OC(=O)CCC(C)(C)C)C(=O)C1=O. The molecule has 0 radical (unpaired) electrons. The molecule has 3 aliphatic heterocycles. The molecule has 3 aliphatic rings. The number of carbonyl (C=O) groups excluding carboxylic acids is 4. The van der Waals surface area contributed by atoms with E-state index in [-0.39, 0.29) is 54.9 Å². The van der Waals surface area contributed by atoms with E-state index in [1.54, 1.807) is 47.4 Å². The Balaban J connectivity index is 1.46. The maximum absolute atomic E-state index is 14.0. The number of para-hydroxylation sites is 1. The maximum Gasteiger partial charge on any atom is 0.317 e. The third-order valence-corrected chi connectivity index (χ3v) is 9.53. The molecule has 3 amide bonds. The molecule has 0 bridgehead atoms. The van der Waals surface area contributed by atoms with Crippen molar-refractivity contribution in [2.45, 2.75) is 52.5 Å². The van der Waals surface area contributed by atoms with Gasteiger partial charge in [-0.05, 0) is 55.0 Å². The summed E-state index contributed by atoms with van der Waals surface area (Å²) in [5, 5.41) is 0.419. The quantitative estimate of drug-likeness (QED) is 0.124. The highest BCUT2D eigenvalue weighted by Gasteiger charge is 2.39. The molecule has 0 N–H and O–H groups in total. The van der Waals surface area contributed by atoms with Gasteiger partial charge in [0.05, 0.1) is 29.3 Å². The first-order valence-corrected chi connectivity index (χ1v) is 17.6. The first-order valence-electron chi connectivity index (χ1n) is 17.3. The standard InChI is InChI=1S/C38H48ClN5O6/c1-6-17-40(18-7-2)29-12-11-27(39)25-32(29)44-22-21-43(36(47)37(44)48)31-10-8-9-30(35(31)50-34(46)13-16-38(3,4)5)42-20-19-41(26-33(42)45)28-14-23-49-24-15-28/h6-12,25,28H,1-2,13-24,26H2,3-5H3. The van der Waals surface area contributed by atoms with Crippen LogP contribution in [-0.4, -0.2) is 93.7 Å². The van der Waals surface area contributed by atoms with Crippen LogP contribution < -0.4 is 24.3 Å². The van der Waals surface area contributed by atoms with Crippen molar-refractivity contribution < 1.29 is 28.7 Å². The van der Waals surface area contributed by atoms with Gasteiger partial charge in [0.1, 0.15) is 0 Å². The topological polar surface area (TPSA) is 103 Å². The van der Waals surface area contributed by atoms with Gasteiger partial charge in [0.15, 0.2) is 5.75 Å². The number of ether oxygens (including phenoxy) is 2. The highest BCUT2D eigenvalue weighted by Crippen LogP contribution is 2.42. The number of carbonyl (C=O) groups is 4. The Labute approximate surface area is 300 Å². The largest absolute Gasteiger partial charge is 0.422 e. The predicted octanol–water partition coefficient (Wildman–Crippen LogP) is 5.46. The number of piperazine rings is 2. The highest BCUT2D eigenvalue weighted by molar-refractivity contribution is 6.46. The van der Waals surface area contributed by atoms with Crippen molar-refractivity contribution in [3.05, 3.63) is 66.7 Å². The molecule has 11 nitrogen and oxygen atoms in total. The van der Waals surface area contributed by atoms with Crippen molar-refractivity contribution in [1.82, 2.24) is 4.90 Å².